The van der Waals surface area contributed by atoms with Gasteiger partial charge in [0.1, 0.15) is 17.8 Å². The highest BCUT2D eigenvalue weighted by atomic mass is 35.5. The summed E-state index contributed by atoms with van der Waals surface area (Å²) in [6.45, 7) is 1.31. The number of amides is 3. The number of nitrogens with one attached hydrogen (secondary N) is 1. The summed E-state index contributed by atoms with van der Waals surface area (Å²) < 4.78 is 5.17. The van der Waals surface area contributed by atoms with E-state index in [4.69, 9.17) is 16.3 Å². The minimum atomic E-state index is -1.18. The Morgan fingerprint density at radius 2 is 1.77 bits per heavy atom. The van der Waals surface area contributed by atoms with E-state index >= 15 is 0 Å². The number of para-hydroxylation sites is 1. The number of benzene rings is 2. The van der Waals surface area contributed by atoms with Gasteiger partial charge < -0.3 is 10.1 Å². The third-order valence-electron chi connectivity index (χ3n) is 4.32. The van der Waals surface area contributed by atoms with Crippen molar-refractivity contribution < 1.29 is 19.1 Å². The smallest absolute Gasteiger partial charge is 0.331 e. The van der Waals surface area contributed by atoms with Gasteiger partial charge in [0, 0.05) is 0 Å². The van der Waals surface area contributed by atoms with Crippen molar-refractivity contribution in [2.75, 3.05) is 6.54 Å². The molecule has 3 rings (SSSR count). The average molecular weight is 373 g/mol. The quantitative estimate of drug-likeness (QED) is 0.497. The Labute approximate surface area is 155 Å². The molecule has 7 heteroatoms. The standard InChI is InChI=1S/C19H17ClN2O4/c1-2-19(13-8-4-3-5-9-13)17(24)22(18(25)21-19)12-16(23)26-15-11-7-6-10-14(15)20/h3-11H,2,12H2,1H3,(H,21,25). The summed E-state index contributed by atoms with van der Waals surface area (Å²) in [7, 11) is 0. The summed E-state index contributed by atoms with van der Waals surface area (Å²) in [6, 6.07) is 14.8. The molecular formula is C19H17ClN2O4. The second-order valence-electron chi connectivity index (χ2n) is 5.85. The monoisotopic (exact) mass is 372 g/mol. The third-order valence-corrected chi connectivity index (χ3v) is 4.63. The number of ether oxygens (including phenoxy) is 1. The van der Waals surface area contributed by atoms with Crippen LogP contribution in [0.3, 0.4) is 0 Å². The molecule has 0 aromatic heterocycles. The molecule has 2 aromatic rings. The highest BCUT2D eigenvalue weighted by Gasteiger charge is 2.51. The van der Waals surface area contributed by atoms with E-state index in [-0.39, 0.29) is 10.8 Å². The van der Waals surface area contributed by atoms with Crippen molar-refractivity contribution >= 4 is 29.5 Å². The van der Waals surface area contributed by atoms with Gasteiger partial charge in [0.05, 0.1) is 5.02 Å². The molecule has 0 bridgehead atoms. The number of rotatable bonds is 5. The van der Waals surface area contributed by atoms with Crippen LogP contribution in [0.1, 0.15) is 18.9 Å². The first-order valence-corrected chi connectivity index (χ1v) is 8.50. The van der Waals surface area contributed by atoms with Crippen molar-refractivity contribution in [1.82, 2.24) is 10.2 Å². The summed E-state index contributed by atoms with van der Waals surface area (Å²) in [5, 5.41) is 2.99. The molecule has 1 atom stereocenters. The van der Waals surface area contributed by atoms with Gasteiger partial charge in [-0.1, -0.05) is 61.0 Å². The zero-order chi connectivity index (χ0) is 18.7. The summed E-state index contributed by atoms with van der Waals surface area (Å²) >= 11 is 5.95. The van der Waals surface area contributed by atoms with E-state index in [1.807, 2.05) is 6.07 Å². The maximum Gasteiger partial charge on any atom is 0.331 e. The Morgan fingerprint density at radius 1 is 1.12 bits per heavy atom. The van der Waals surface area contributed by atoms with Crippen LogP contribution < -0.4 is 10.1 Å². The van der Waals surface area contributed by atoms with Crippen LogP contribution in [-0.4, -0.2) is 29.4 Å². The Bertz CT molecular complexity index is 856. The molecule has 1 N–H and O–H groups in total. The van der Waals surface area contributed by atoms with Crippen LogP contribution in [-0.2, 0) is 15.1 Å². The van der Waals surface area contributed by atoms with E-state index in [2.05, 4.69) is 5.32 Å². The minimum absolute atomic E-state index is 0.177. The number of halogens is 1. The number of carbonyl (C=O) groups is 3. The van der Waals surface area contributed by atoms with Gasteiger partial charge in [-0.25, -0.2) is 9.59 Å². The molecule has 6 nitrogen and oxygen atoms in total. The molecule has 3 amide bonds. The fraction of sp³-hybridized carbons (Fsp3) is 0.211. The fourth-order valence-electron chi connectivity index (χ4n) is 2.94. The Kier molecular flexibility index (Phi) is 4.95. The van der Waals surface area contributed by atoms with Crippen LogP contribution in [0.15, 0.2) is 54.6 Å². The molecule has 0 spiro atoms. The van der Waals surface area contributed by atoms with Crippen molar-refractivity contribution in [1.29, 1.82) is 0 Å². The molecule has 0 radical (unpaired) electrons. The van der Waals surface area contributed by atoms with Crippen LogP contribution in [0.5, 0.6) is 5.75 Å². The molecule has 0 aliphatic carbocycles. The number of imide groups is 1. The van der Waals surface area contributed by atoms with Crippen molar-refractivity contribution in [3.8, 4) is 5.75 Å². The molecule has 0 saturated carbocycles. The number of nitrogens with zero attached hydrogens (tertiary/aromatic N) is 1. The minimum Gasteiger partial charge on any atom is -0.424 e. The molecule has 1 aliphatic heterocycles. The first-order valence-electron chi connectivity index (χ1n) is 8.13. The van der Waals surface area contributed by atoms with Crippen molar-refractivity contribution in [3.63, 3.8) is 0 Å². The van der Waals surface area contributed by atoms with Crippen LogP contribution in [0.4, 0.5) is 4.79 Å². The SMILES string of the molecule is CCC1(c2ccccc2)NC(=O)N(CC(=O)Oc2ccccc2Cl)C1=O. The van der Waals surface area contributed by atoms with Crippen LogP contribution in [0, 0.1) is 0 Å². The van der Waals surface area contributed by atoms with Crippen molar-refractivity contribution in [2.45, 2.75) is 18.9 Å². The maximum atomic E-state index is 12.9. The predicted molar refractivity (Wildman–Crippen MR) is 95.7 cm³/mol. The average Bonchev–Trinajstić information content (AvgIpc) is 2.89. The molecule has 1 fully saturated rings. The zero-order valence-corrected chi connectivity index (χ0v) is 14.8. The molecule has 1 unspecified atom stereocenters. The molecular weight excluding hydrogens is 356 g/mol. The normalized spacial score (nSPS) is 19.4. The number of carbonyl (C=O) groups excluding carboxylic acids is 3. The molecule has 1 saturated heterocycles. The predicted octanol–water partition coefficient (Wildman–Crippen LogP) is 3.10. The van der Waals surface area contributed by atoms with E-state index < -0.39 is 30.0 Å². The maximum absolute atomic E-state index is 12.9. The van der Waals surface area contributed by atoms with E-state index in [1.165, 1.54) is 6.07 Å². The third kappa shape index (κ3) is 3.15. The van der Waals surface area contributed by atoms with Gasteiger partial charge in [-0.2, -0.15) is 0 Å². The second kappa shape index (κ2) is 7.17. The van der Waals surface area contributed by atoms with Gasteiger partial charge in [0.15, 0.2) is 0 Å². The van der Waals surface area contributed by atoms with Gasteiger partial charge in [-0.05, 0) is 24.1 Å². The van der Waals surface area contributed by atoms with Crippen molar-refractivity contribution in [3.05, 3.63) is 65.2 Å². The number of hydrogen-bond acceptors (Lipinski definition) is 4. The summed E-state index contributed by atoms with van der Waals surface area (Å²) in [5.41, 5.74) is -0.508. The van der Waals surface area contributed by atoms with Crippen molar-refractivity contribution in [2.24, 2.45) is 0 Å². The number of urea groups is 1. The molecule has 134 valence electrons. The van der Waals surface area contributed by atoms with E-state index in [0.717, 1.165) is 4.90 Å². The lowest BCUT2D eigenvalue weighted by molar-refractivity contribution is -0.141. The van der Waals surface area contributed by atoms with Gasteiger partial charge in [0.2, 0.25) is 0 Å². The van der Waals surface area contributed by atoms with Gasteiger partial charge in [-0.15, -0.1) is 0 Å². The number of hydrogen-bond donors (Lipinski definition) is 1. The summed E-state index contributed by atoms with van der Waals surface area (Å²) in [6.07, 6.45) is 0.359. The number of esters is 1. The fourth-order valence-corrected chi connectivity index (χ4v) is 3.12. The largest absolute Gasteiger partial charge is 0.424 e. The van der Waals surface area contributed by atoms with E-state index in [1.54, 1.807) is 49.4 Å². The van der Waals surface area contributed by atoms with Gasteiger partial charge in [0.25, 0.3) is 5.91 Å². The highest BCUT2D eigenvalue weighted by Crippen LogP contribution is 2.32. The van der Waals surface area contributed by atoms with Crippen LogP contribution >= 0.6 is 11.6 Å². The first kappa shape index (κ1) is 17.9. The lowest BCUT2D eigenvalue weighted by Gasteiger charge is -2.25. The summed E-state index contributed by atoms with van der Waals surface area (Å²) in [4.78, 5) is 38.3. The topological polar surface area (TPSA) is 75.7 Å². The zero-order valence-electron chi connectivity index (χ0n) is 14.1. The first-order chi connectivity index (χ1) is 12.5. The molecule has 1 heterocycles. The second-order valence-corrected chi connectivity index (χ2v) is 6.26. The van der Waals surface area contributed by atoms with Gasteiger partial charge >= 0.3 is 12.0 Å². The molecule has 26 heavy (non-hydrogen) atoms. The van der Waals surface area contributed by atoms with E-state index in [9.17, 15) is 14.4 Å². The van der Waals surface area contributed by atoms with Crippen LogP contribution in [0.25, 0.3) is 0 Å². The summed E-state index contributed by atoms with van der Waals surface area (Å²) in [5.74, 6) is -1.05. The van der Waals surface area contributed by atoms with Crippen LogP contribution in [0.2, 0.25) is 5.02 Å². The lowest BCUT2D eigenvalue weighted by atomic mass is 9.87. The van der Waals surface area contributed by atoms with Gasteiger partial charge in [-0.3, -0.25) is 9.69 Å². The van der Waals surface area contributed by atoms with E-state index in [0.29, 0.717) is 12.0 Å². The molecule has 1 aliphatic rings. The Morgan fingerprint density at radius 3 is 2.42 bits per heavy atom. The lowest BCUT2D eigenvalue weighted by Crippen LogP contribution is -2.44. The highest BCUT2D eigenvalue weighted by molar-refractivity contribution is 6.32. The Hall–Kier alpha value is -2.86. The Balaban J connectivity index is 1.79. The molecule has 2 aromatic carbocycles.